The van der Waals surface area contributed by atoms with Gasteiger partial charge in [-0.25, -0.2) is 0 Å². The fraction of sp³-hybridized carbons (Fsp3) is 0.667. The maximum absolute atomic E-state index is 11.9. The van der Waals surface area contributed by atoms with E-state index in [0.29, 0.717) is 18.9 Å². The lowest BCUT2D eigenvalue weighted by atomic mass is 9.96. The zero-order valence-electron chi connectivity index (χ0n) is 11.2. The van der Waals surface area contributed by atoms with Crippen LogP contribution in [0.3, 0.4) is 0 Å². The summed E-state index contributed by atoms with van der Waals surface area (Å²) < 4.78 is 5.30. The number of rotatable bonds is 4. The Balaban J connectivity index is 1.51. The van der Waals surface area contributed by atoms with Gasteiger partial charge in [-0.2, -0.15) is 0 Å². The predicted octanol–water partition coefficient (Wildman–Crippen LogP) is 2.67. The summed E-state index contributed by atoms with van der Waals surface area (Å²) in [6.45, 7) is 2.27. The first kappa shape index (κ1) is 13.1. The zero-order chi connectivity index (χ0) is 13.1. The maximum Gasteiger partial charge on any atom is 0.220 e. The van der Waals surface area contributed by atoms with E-state index in [0.717, 1.165) is 19.6 Å². The van der Waals surface area contributed by atoms with Crippen molar-refractivity contribution in [3.8, 4) is 0 Å². The van der Waals surface area contributed by atoms with E-state index in [2.05, 4.69) is 10.7 Å². The first-order valence-electron chi connectivity index (χ1n) is 7.25. The van der Waals surface area contributed by atoms with Gasteiger partial charge in [-0.1, -0.05) is 0 Å². The van der Waals surface area contributed by atoms with Gasteiger partial charge in [0.05, 0.1) is 0 Å². The summed E-state index contributed by atoms with van der Waals surface area (Å²) in [6, 6.07) is 0. The first-order chi connectivity index (χ1) is 9.33. The van der Waals surface area contributed by atoms with E-state index in [4.69, 9.17) is 4.74 Å². The van der Waals surface area contributed by atoms with E-state index in [1.165, 1.54) is 36.8 Å². The molecule has 3 nitrogen and oxygen atoms in total. The summed E-state index contributed by atoms with van der Waals surface area (Å²) in [5, 5.41) is 5.31. The van der Waals surface area contributed by atoms with Crippen LogP contribution in [0.25, 0.3) is 0 Å². The highest BCUT2D eigenvalue weighted by atomic mass is 32.1. The molecule has 1 aromatic rings. The number of aryl methyl sites for hydroxylation is 1. The zero-order valence-corrected chi connectivity index (χ0v) is 12.1. The lowest BCUT2D eigenvalue weighted by Gasteiger charge is -2.13. The van der Waals surface area contributed by atoms with Crippen LogP contribution in [0.2, 0.25) is 0 Å². The quantitative estimate of drug-likeness (QED) is 0.920. The number of ether oxygens (including phenoxy) is 1. The normalized spacial score (nSPS) is 22.2. The Morgan fingerprint density at radius 3 is 3.16 bits per heavy atom. The standard InChI is InChI=1S/C15H21NO2S/c17-15(7-11-5-6-18-9-11)16-8-12-10-19-14-4-2-1-3-13(12)14/h10-11H,1-9H2,(H,16,17)/t11-/m1/s1. The summed E-state index contributed by atoms with van der Waals surface area (Å²) in [4.78, 5) is 13.4. The number of amides is 1. The molecule has 0 spiro atoms. The Hall–Kier alpha value is -0.870. The molecule has 104 valence electrons. The van der Waals surface area contributed by atoms with Crippen molar-refractivity contribution in [2.75, 3.05) is 13.2 Å². The van der Waals surface area contributed by atoms with Gasteiger partial charge in [0.25, 0.3) is 0 Å². The van der Waals surface area contributed by atoms with Gasteiger partial charge in [0.2, 0.25) is 5.91 Å². The molecular weight excluding hydrogens is 258 g/mol. The molecule has 0 aromatic carbocycles. The van der Waals surface area contributed by atoms with Crippen LogP contribution in [-0.4, -0.2) is 19.1 Å². The van der Waals surface area contributed by atoms with Gasteiger partial charge in [-0.15, -0.1) is 11.3 Å². The van der Waals surface area contributed by atoms with Gasteiger partial charge >= 0.3 is 0 Å². The van der Waals surface area contributed by atoms with Crippen molar-refractivity contribution in [2.45, 2.75) is 45.1 Å². The van der Waals surface area contributed by atoms with Crippen LogP contribution in [0.15, 0.2) is 5.38 Å². The number of nitrogens with one attached hydrogen (secondary N) is 1. The van der Waals surface area contributed by atoms with E-state index in [1.807, 2.05) is 11.3 Å². The fourth-order valence-electron chi connectivity index (χ4n) is 2.98. The van der Waals surface area contributed by atoms with Crippen LogP contribution >= 0.6 is 11.3 Å². The van der Waals surface area contributed by atoms with Gasteiger partial charge < -0.3 is 10.1 Å². The highest BCUT2D eigenvalue weighted by molar-refractivity contribution is 7.10. The second-order valence-electron chi connectivity index (χ2n) is 5.58. The summed E-state index contributed by atoms with van der Waals surface area (Å²) in [5.41, 5.74) is 2.86. The highest BCUT2D eigenvalue weighted by Gasteiger charge is 2.20. The SMILES string of the molecule is O=C(C[C@H]1CCOC1)NCc1csc2c1CCCC2. The molecule has 2 aliphatic rings. The Labute approximate surface area is 118 Å². The minimum atomic E-state index is 0.172. The molecule has 3 rings (SSSR count). The van der Waals surface area contributed by atoms with Gasteiger partial charge in [0.1, 0.15) is 0 Å². The molecule has 0 radical (unpaired) electrons. The van der Waals surface area contributed by atoms with E-state index in [-0.39, 0.29) is 5.91 Å². The van der Waals surface area contributed by atoms with Crippen LogP contribution in [0.1, 0.15) is 41.7 Å². The largest absolute Gasteiger partial charge is 0.381 e. The van der Waals surface area contributed by atoms with E-state index in [1.54, 1.807) is 4.88 Å². The Kier molecular flexibility index (Phi) is 4.18. The molecule has 4 heteroatoms. The molecule has 1 aromatic heterocycles. The third-order valence-electron chi connectivity index (χ3n) is 4.12. The molecule has 1 aliphatic heterocycles. The average Bonchev–Trinajstić information content (AvgIpc) is 3.05. The van der Waals surface area contributed by atoms with Crippen molar-refractivity contribution in [1.82, 2.24) is 5.32 Å². The Morgan fingerprint density at radius 1 is 1.42 bits per heavy atom. The molecule has 1 N–H and O–H groups in total. The van der Waals surface area contributed by atoms with Crippen molar-refractivity contribution >= 4 is 17.2 Å². The average molecular weight is 279 g/mol. The third kappa shape index (κ3) is 3.18. The van der Waals surface area contributed by atoms with Gasteiger partial charge in [0.15, 0.2) is 0 Å². The lowest BCUT2D eigenvalue weighted by molar-refractivity contribution is -0.122. The third-order valence-corrected chi connectivity index (χ3v) is 5.26. The second kappa shape index (κ2) is 6.06. The molecule has 0 unspecified atom stereocenters. The maximum atomic E-state index is 11.9. The summed E-state index contributed by atoms with van der Waals surface area (Å²) in [6.07, 6.45) is 6.69. The van der Waals surface area contributed by atoms with Crippen LogP contribution < -0.4 is 5.32 Å². The number of hydrogen-bond donors (Lipinski definition) is 1. The lowest BCUT2D eigenvalue weighted by Crippen LogP contribution is -2.25. The molecule has 0 saturated carbocycles. The summed E-state index contributed by atoms with van der Waals surface area (Å²) in [5.74, 6) is 0.600. The Bertz CT molecular complexity index is 449. The Morgan fingerprint density at radius 2 is 2.32 bits per heavy atom. The number of fused-ring (bicyclic) bond motifs is 1. The molecule has 1 amide bonds. The second-order valence-corrected chi connectivity index (χ2v) is 6.54. The number of carbonyl (C=O) groups excluding carboxylic acids is 1. The number of thiophene rings is 1. The molecule has 19 heavy (non-hydrogen) atoms. The molecule has 2 heterocycles. The smallest absolute Gasteiger partial charge is 0.220 e. The first-order valence-corrected chi connectivity index (χ1v) is 8.13. The molecule has 1 saturated heterocycles. The van der Waals surface area contributed by atoms with Crippen LogP contribution in [0, 0.1) is 5.92 Å². The molecule has 1 aliphatic carbocycles. The monoisotopic (exact) mass is 279 g/mol. The number of hydrogen-bond acceptors (Lipinski definition) is 3. The van der Waals surface area contributed by atoms with E-state index in [9.17, 15) is 4.79 Å². The molecule has 1 atom stereocenters. The molecular formula is C15H21NO2S. The van der Waals surface area contributed by atoms with Crippen molar-refractivity contribution in [1.29, 1.82) is 0 Å². The summed E-state index contributed by atoms with van der Waals surface area (Å²) in [7, 11) is 0. The van der Waals surface area contributed by atoms with Crippen LogP contribution in [0.4, 0.5) is 0 Å². The van der Waals surface area contributed by atoms with Crippen LogP contribution in [-0.2, 0) is 28.9 Å². The van der Waals surface area contributed by atoms with Crippen molar-refractivity contribution in [2.24, 2.45) is 5.92 Å². The molecule has 0 bridgehead atoms. The van der Waals surface area contributed by atoms with Crippen molar-refractivity contribution in [3.63, 3.8) is 0 Å². The van der Waals surface area contributed by atoms with E-state index < -0.39 is 0 Å². The molecule has 1 fully saturated rings. The predicted molar refractivity (Wildman–Crippen MR) is 76.4 cm³/mol. The van der Waals surface area contributed by atoms with Crippen molar-refractivity contribution < 1.29 is 9.53 Å². The summed E-state index contributed by atoms with van der Waals surface area (Å²) >= 11 is 1.87. The van der Waals surface area contributed by atoms with Gasteiger partial charge in [0, 0.05) is 31.1 Å². The van der Waals surface area contributed by atoms with Crippen molar-refractivity contribution in [3.05, 3.63) is 21.4 Å². The number of carbonyl (C=O) groups is 1. The highest BCUT2D eigenvalue weighted by Crippen LogP contribution is 2.30. The van der Waals surface area contributed by atoms with Crippen LogP contribution in [0.5, 0.6) is 0 Å². The van der Waals surface area contributed by atoms with E-state index >= 15 is 0 Å². The fourth-order valence-corrected chi connectivity index (χ4v) is 4.13. The minimum Gasteiger partial charge on any atom is -0.381 e. The van der Waals surface area contributed by atoms with Gasteiger partial charge in [-0.05, 0) is 54.5 Å². The minimum absolute atomic E-state index is 0.172. The topological polar surface area (TPSA) is 38.3 Å². The van der Waals surface area contributed by atoms with Gasteiger partial charge in [-0.3, -0.25) is 4.79 Å².